The van der Waals surface area contributed by atoms with Crippen LogP contribution in [0.2, 0.25) is 0 Å². The summed E-state index contributed by atoms with van der Waals surface area (Å²) in [7, 11) is 0. The second-order valence-electron chi connectivity index (χ2n) is 23.6. The van der Waals surface area contributed by atoms with Gasteiger partial charge in [-0.3, -0.25) is 9.59 Å². The Morgan fingerprint density at radius 2 is 0.844 bits per heavy atom. The number of allylic oxidation sites excluding steroid dienone is 1. The second-order valence-corrected chi connectivity index (χ2v) is 23.6. The molecule has 1 fully saturated rings. The van der Waals surface area contributed by atoms with Gasteiger partial charge < -0.3 is 45.1 Å². The molecular weight excluding hydrogens is 967 g/mol. The van der Waals surface area contributed by atoms with Gasteiger partial charge in [0.2, 0.25) is 5.91 Å². The molecule has 8 unspecified atom stereocenters. The first-order valence-corrected chi connectivity index (χ1v) is 33.5. The first-order chi connectivity index (χ1) is 37.7. The monoisotopic (exact) mass is 1090 g/mol. The van der Waals surface area contributed by atoms with Crippen LogP contribution in [0.1, 0.15) is 335 Å². The van der Waals surface area contributed by atoms with Gasteiger partial charge in [-0.05, 0) is 25.7 Å². The molecule has 456 valence electrons. The predicted octanol–water partition coefficient (Wildman–Crippen LogP) is 16.3. The minimum absolute atomic E-state index is 0.130. The number of esters is 1. The average molecular weight is 1090 g/mol. The van der Waals surface area contributed by atoms with Crippen molar-refractivity contribution in [3.8, 4) is 0 Å². The number of ether oxygens (including phenoxy) is 3. The summed E-state index contributed by atoms with van der Waals surface area (Å²) in [6.07, 6.45) is 52.8. The van der Waals surface area contributed by atoms with Crippen LogP contribution in [0.15, 0.2) is 12.2 Å². The average Bonchev–Trinajstić information content (AvgIpc) is 3.43. The van der Waals surface area contributed by atoms with Gasteiger partial charge >= 0.3 is 5.97 Å². The van der Waals surface area contributed by atoms with Gasteiger partial charge in [0, 0.05) is 6.42 Å². The lowest BCUT2D eigenvalue weighted by Crippen LogP contribution is -2.61. The number of carbonyl (C=O) groups is 2. The van der Waals surface area contributed by atoms with E-state index in [0.29, 0.717) is 19.3 Å². The highest BCUT2D eigenvalue weighted by Gasteiger charge is 2.47. The number of amides is 1. The van der Waals surface area contributed by atoms with Crippen LogP contribution in [-0.2, 0) is 23.8 Å². The molecule has 0 bridgehead atoms. The fourth-order valence-electron chi connectivity index (χ4n) is 10.9. The van der Waals surface area contributed by atoms with E-state index in [0.717, 1.165) is 57.8 Å². The zero-order chi connectivity index (χ0) is 56.1. The smallest absolute Gasteiger partial charge is 0.306 e. The Hall–Kier alpha value is -1.60. The number of rotatable bonds is 58. The molecule has 11 heteroatoms. The van der Waals surface area contributed by atoms with E-state index in [-0.39, 0.29) is 13.0 Å². The number of carbonyl (C=O) groups excluding carboxylic acids is 2. The Labute approximate surface area is 474 Å². The second kappa shape index (κ2) is 55.0. The number of aliphatic hydroxyl groups excluding tert-OH is 5. The van der Waals surface area contributed by atoms with Crippen molar-refractivity contribution in [3.63, 3.8) is 0 Å². The van der Waals surface area contributed by atoms with Gasteiger partial charge in [-0.1, -0.05) is 315 Å². The van der Waals surface area contributed by atoms with Crippen LogP contribution in [0, 0.1) is 0 Å². The number of hydrogen-bond acceptors (Lipinski definition) is 10. The minimum Gasteiger partial charge on any atom is -0.454 e. The van der Waals surface area contributed by atoms with Gasteiger partial charge in [-0.2, -0.15) is 0 Å². The zero-order valence-electron chi connectivity index (χ0n) is 50.6. The molecule has 8 atom stereocenters. The van der Waals surface area contributed by atoms with Crippen LogP contribution < -0.4 is 5.32 Å². The molecular formula is C66H127NO10. The van der Waals surface area contributed by atoms with E-state index in [2.05, 4.69) is 26.1 Å². The fraction of sp³-hybridized carbons (Fsp3) is 0.939. The van der Waals surface area contributed by atoms with E-state index in [1.165, 1.54) is 231 Å². The van der Waals surface area contributed by atoms with Gasteiger partial charge in [-0.25, -0.2) is 0 Å². The van der Waals surface area contributed by atoms with E-state index in [1.807, 2.05) is 6.08 Å². The quantitative estimate of drug-likeness (QED) is 0.0195. The lowest BCUT2D eigenvalue weighted by molar-refractivity contribution is -0.305. The topological polar surface area (TPSA) is 175 Å². The third kappa shape index (κ3) is 42.9. The van der Waals surface area contributed by atoms with Crippen molar-refractivity contribution in [3.05, 3.63) is 12.2 Å². The molecule has 6 N–H and O–H groups in total. The molecule has 1 amide bonds. The number of unbranched alkanes of at least 4 members (excludes halogenated alkanes) is 44. The molecule has 1 aliphatic heterocycles. The fourth-order valence-corrected chi connectivity index (χ4v) is 10.9. The summed E-state index contributed by atoms with van der Waals surface area (Å²) < 4.78 is 17.6. The van der Waals surface area contributed by atoms with Gasteiger partial charge in [-0.15, -0.1) is 0 Å². The highest BCUT2D eigenvalue weighted by molar-refractivity contribution is 5.80. The van der Waals surface area contributed by atoms with Gasteiger partial charge in [0.1, 0.15) is 24.4 Å². The van der Waals surface area contributed by atoms with Crippen molar-refractivity contribution in [1.82, 2.24) is 5.32 Å². The maximum absolute atomic E-state index is 13.4. The van der Waals surface area contributed by atoms with Crippen molar-refractivity contribution in [1.29, 1.82) is 0 Å². The SMILES string of the molecule is CCCCCCCCCCC/C=C/C(O)C(COC1OC(CO)C(O)C(O)C1OC(=O)CCCCCCCCCCCCC)NC(=O)C(O)CCCCCCCCCCCCCCCCCCCCCCCCCCCC. The largest absolute Gasteiger partial charge is 0.454 e. The predicted molar refractivity (Wildman–Crippen MR) is 320 cm³/mol. The highest BCUT2D eigenvalue weighted by atomic mass is 16.7. The van der Waals surface area contributed by atoms with Crippen molar-refractivity contribution in [2.75, 3.05) is 13.2 Å². The third-order valence-corrected chi connectivity index (χ3v) is 16.2. The molecule has 77 heavy (non-hydrogen) atoms. The molecule has 0 saturated carbocycles. The molecule has 1 heterocycles. The Kier molecular flexibility index (Phi) is 52.4. The summed E-state index contributed by atoms with van der Waals surface area (Å²) in [5, 5.41) is 56.9. The lowest BCUT2D eigenvalue weighted by atomic mass is 9.99. The van der Waals surface area contributed by atoms with E-state index >= 15 is 0 Å². The number of hydrogen-bond donors (Lipinski definition) is 6. The van der Waals surface area contributed by atoms with E-state index in [4.69, 9.17) is 14.2 Å². The standard InChI is InChI=1S/C66H127NO10/c1-4-7-10-13-16-19-22-23-24-25-26-27-28-29-30-31-32-33-34-35-36-39-41-44-47-50-53-59(70)65(74)67-57(58(69)52-49-46-43-40-37-20-17-14-11-8-5-2)56-75-66-64(63(73)62(72)60(55-68)76-66)77-61(71)54-51-48-45-42-38-21-18-15-12-9-6-3/h49,52,57-60,62-64,66,68-70,72-73H,4-48,50-51,53-56H2,1-3H3,(H,67,74)/b52-49+. The first-order valence-electron chi connectivity index (χ1n) is 33.5. The summed E-state index contributed by atoms with van der Waals surface area (Å²) >= 11 is 0. The van der Waals surface area contributed by atoms with Crippen molar-refractivity contribution >= 4 is 11.9 Å². The zero-order valence-corrected chi connectivity index (χ0v) is 50.6. The van der Waals surface area contributed by atoms with Crippen molar-refractivity contribution in [2.24, 2.45) is 0 Å². The van der Waals surface area contributed by atoms with Crippen LogP contribution >= 0.6 is 0 Å². The minimum atomic E-state index is -1.61. The van der Waals surface area contributed by atoms with E-state index < -0.39 is 67.4 Å². The Balaban J connectivity index is 2.51. The van der Waals surface area contributed by atoms with Crippen LogP contribution in [0.25, 0.3) is 0 Å². The molecule has 1 aliphatic rings. The molecule has 0 spiro atoms. The number of nitrogens with one attached hydrogen (secondary N) is 1. The van der Waals surface area contributed by atoms with Gasteiger partial charge in [0.15, 0.2) is 12.4 Å². The van der Waals surface area contributed by atoms with E-state index in [9.17, 15) is 35.1 Å². The normalized spacial score (nSPS) is 19.0. The summed E-state index contributed by atoms with van der Waals surface area (Å²) in [6, 6.07) is -1.02. The molecule has 0 radical (unpaired) electrons. The molecule has 0 aromatic rings. The van der Waals surface area contributed by atoms with Crippen molar-refractivity contribution < 1.29 is 49.3 Å². The molecule has 0 aromatic carbocycles. The van der Waals surface area contributed by atoms with Crippen LogP contribution in [0.5, 0.6) is 0 Å². The van der Waals surface area contributed by atoms with Crippen molar-refractivity contribution in [2.45, 2.75) is 384 Å². The lowest BCUT2D eigenvalue weighted by Gasteiger charge is -2.41. The van der Waals surface area contributed by atoms with Crippen LogP contribution in [0.3, 0.4) is 0 Å². The first kappa shape index (κ1) is 73.4. The molecule has 11 nitrogen and oxygen atoms in total. The summed E-state index contributed by atoms with van der Waals surface area (Å²) in [5.41, 5.74) is 0. The highest BCUT2D eigenvalue weighted by Crippen LogP contribution is 2.26. The Morgan fingerprint density at radius 3 is 1.22 bits per heavy atom. The number of aliphatic hydroxyl groups is 5. The van der Waals surface area contributed by atoms with Gasteiger partial charge in [0.05, 0.1) is 25.4 Å². The molecule has 1 saturated heterocycles. The Bertz CT molecular complexity index is 1300. The molecule has 1 rings (SSSR count). The maximum Gasteiger partial charge on any atom is 0.306 e. The van der Waals surface area contributed by atoms with E-state index in [1.54, 1.807) is 6.08 Å². The summed E-state index contributed by atoms with van der Waals surface area (Å²) in [6.45, 7) is 5.81. The van der Waals surface area contributed by atoms with Crippen LogP contribution in [0.4, 0.5) is 0 Å². The summed E-state index contributed by atoms with van der Waals surface area (Å²) in [5.74, 6) is -1.18. The Morgan fingerprint density at radius 1 is 0.494 bits per heavy atom. The van der Waals surface area contributed by atoms with Crippen LogP contribution in [-0.4, -0.2) is 99.6 Å². The molecule has 0 aliphatic carbocycles. The van der Waals surface area contributed by atoms with Gasteiger partial charge in [0.25, 0.3) is 0 Å². The summed E-state index contributed by atoms with van der Waals surface area (Å²) in [4.78, 5) is 26.5. The third-order valence-electron chi connectivity index (χ3n) is 16.2. The maximum atomic E-state index is 13.4. The molecule has 0 aromatic heterocycles.